The number of aromatic nitrogens is 3. The Morgan fingerprint density at radius 3 is 2.68 bits per heavy atom. The molecule has 1 aliphatic rings. The lowest BCUT2D eigenvalue weighted by Crippen LogP contribution is -2.44. The average Bonchev–Trinajstić information content (AvgIpc) is 2.54. The second-order valence-corrected chi connectivity index (χ2v) is 6.15. The zero-order valence-electron chi connectivity index (χ0n) is 12.0. The molecule has 1 N–H and O–H groups in total. The Bertz CT molecular complexity index is 903. The monoisotopic (exact) mass is 363 g/mol. The molecule has 0 radical (unpaired) electrons. The summed E-state index contributed by atoms with van der Waals surface area (Å²) in [4.78, 5) is 29.0. The third-order valence-corrected chi connectivity index (χ3v) is 4.62. The Hall–Kier alpha value is -1.98. The van der Waals surface area contributed by atoms with Gasteiger partial charge in [0.15, 0.2) is 11.3 Å². The third kappa shape index (κ3) is 2.26. The SMILES string of the molecule is Cn1c(=O)c(=O)n(C2CCNCC2)c2nc(C#N)c(Br)cc21. The van der Waals surface area contributed by atoms with Crippen molar-refractivity contribution in [2.24, 2.45) is 7.05 Å². The van der Waals surface area contributed by atoms with Crippen LogP contribution in [0.15, 0.2) is 20.1 Å². The summed E-state index contributed by atoms with van der Waals surface area (Å²) in [5.41, 5.74) is -0.0361. The van der Waals surface area contributed by atoms with Crippen molar-refractivity contribution >= 4 is 27.1 Å². The highest BCUT2D eigenvalue weighted by molar-refractivity contribution is 9.10. The fourth-order valence-electron chi connectivity index (χ4n) is 2.83. The van der Waals surface area contributed by atoms with E-state index in [0.29, 0.717) is 15.6 Å². The summed E-state index contributed by atoms with van der Waals surface area (Å²) in [5.74, 6) is 0. The van der Waals surface area contributed by atoms with Crippen molar-refractivity contribution in [3.8, 4) is 6.07 Å². The molecule has 2 aromatic rings. The average molecular weight is 364 g/mol. The molecule has 1 aliphatic heterocycles. The Morgan fingerprint density at radius 1 is 1.36 bits per heavy atom. The van der Waals surface area contributed by atoms with Crippen molar-refractivity contribution < 1.29 is 0 Å². The molecule has 0 aliphatic carbocycles. The van der Waals surface area contributed by atoms with Gasteiger partial charge in [0, 0.05) is 13.1 Å². The number of fused-ring (bicyclic) bond motifs is 1. The van der Waals surface area contributed by atoms with Gasteiger partial charge in [-0.3, -0.25) is 14.2 Å². The van der Waals surface area contributed by atoms with Crippen molar-refractivity contribution in [3.05, 3.63) is 36.9 Å². The van der Waals surface area contributed by atoms with Gasteiger partial charge < -0.3 is 9.88 Å². The zero-order chi connectivity index (χ0) is 15.9. The maximum absolute atomic E-state index is 12.5. The maximum Gasteiger partial charge on any atom is 0.318 e. The molecule has 0 saturated carbocycles. The molecule has 8 heteroatoms. The molecule has 0 spiro atoms. The minimum atomic E-state index is -0.583. The van der Waals surface area contributed by atoms with E-state index in [1.807, 2.05) is 6.07 Å². The second kappa shape index (κ2) is 5.66. The van der Waals surface area contributed by atoms with E-state index in [9.17, 15) is 9.59 Å². The summed E-state index contributed by atoms with van der Waals surface area (Å²) < 4.78 is 3.26. The highest BCUT2D eigenvalue weighted by atomic mass is 79.9. The number of nitrogens with zero attached hydrogens (tertiary/aromatic N) is 4. The molecule has 114 valence electrons. The Morgan fingerprint density at radius 2 is 2.05 bits per heavy atom. The van der Waals surface area contributed by atoms with Crippen LogP contribution in [0.25, 0.3) is 11.2 Å². The number of hydrogen-bond acceptors (Lipinski definition) is 5. The number of halogens is 1. The Kier molecular flexibility index (Phi) is 3.85. The number of nitrogens with one attached hydrogen (secondary N) is 1. The summed E-state index contributed by atoms with van der Waals surface area (Å²) in [6.07, 6.45) is 1.50. The van der Waals surface area contributed by atoms with E-state index < -0.39 is 11.1 Å². The lowest BCUT2D eigenvalue weighted by atomic mass is 10.1. The molecule has 1 saturated heterocycles. The van der Waals surface area contributed by atoms with Gasteiger partial charge in [0.05, 0.1) is 9.99 Å². The van der Waals surface area contributed by atoms with Gasteiger partial charge in [0.25, 0.3) is 0 Å². The van der Waals surface area contributed by atoms with Crippen LogP contribution in [0.3, 0.4) is 0 Å². The third-order valence-electron chi connectivity index (χ3n) is 4.01. The van der Waals surface area contributed by atoms with E-state index in [1.165, 1.54) is 9.13 Å². The molecule has 22 heavy (non-hydrogen) atoms. The first-order valence-electron chi connectivity index (χ1n) is 6.97. The van der Waals surface area contributed by atoms with Gasteiger partial charge in [-0.1, -0.05) is 0 Å². The van der Waals surface area contributed by atoms with Gasteiger partial charge >= 0.3 is 11.1 Å². The van der Waals surface area contributed by atoms with E-state index in [4.69, 9.17) is 5.26 Å². The van der Waals surface area contributed by atoms with Crippen LogP contribution in [-0.2, 0) is 7.05 Å². The van der Waals surface area contributed by atoms with Crippen LogP contribution in [0.4, 0.5) is 0 Å². The first-order valence-corrected chi connectivity index (χ1v) is 7.76. The van der Waals surface area contributed by atoms with E-state index in [0.717, 1.165) is 25.9 Å². The van der Waals surface area contributed by atoms with Crippen LogP contribution in [-0.4, -0.2) is 27.2 Å². The minimum Gasteiger partial charge on any atom is -0.317 e. The lowest BCUT2D eigenvalue weighted by Gasteiger charge is -2.26. The van der Waals surface area contributed by atoms with Crippen molar-refractivity contribution in [1.29, 1.82) is 5.26 Å². The van der Waals surface area contributed by atoms with Crippen LogP contribution in [0, 0.1) is 11.3 Å². The Balaban J connectivity index is 2.41. The molecular weight excluding hydrogens is 350 g/mol. The van der Waals surface area contributed by atoms with Crippen molar-refractivity contribution in [2.45, 2.75) is 18.9 Å². The van der Waals surface area contributed by atoms with Crippen LogP contribution in [0.5, 0.6) is 0 Å². The highest BCUT2D eigenvalue weighted by Gasteiger charge is 2.22. The Labute approximate surface area is 134 Å². The van der Waals surface area contributed by atoms with Crippen LogP contribution in [0.1, 0.15) is 24.6 Å². The molecule has 0 unspecified atom stereocenters. The van der Waals surface area contributed by atoms with Gasteiger partial charge in [-0.2, -0.15) is 5.26 Å². The predicted octanol–water partition coefficient (Wildman–Crippen LogP) is 0.654. The van der Waals surface area contributed by atoms with Crippen molar-refractivity contribution in [3.63, 3.8) is 0 Å². The normalized spacial score (nSPS) is 15.9. The number of nitriles is 1. The number of pyridine rings is 1. The predicted molar refractivity (Wildman–Crippen MR) is 84.8 cm³/mol. The van der Waals surface area contributed by atoms with Gasteiger partial charge in [0.1, 0.15) is 6.07 Å². The summed E-state index contributed by atoms with van der Waals surface area (Å²) in [7, 11) is 1.54. The highest BCUT2D eigenvalue weighted by Crippen LogP contribution is 2.24. The van der Waals surface area contributed by atoms with E-state index in [1.54, 1.807) is 13.1 Å². The summed E-state index contributed by atoms with van der Waals surface area (Å²) in [5, 5.41) is 12.4. The molecule has 0 bridgehead atoms. The van der Waals surface area contributed by atoms with E-state index in [-0.39, 0.29) is 11.7 Å². The minimum absolute atomic E-state index is 0.0784. The molecule has 0 atom stereocenters. The molecular formula is C14H14BrN5O2. The first kappa shape index (κ1) is 14.9. The lowest BCUT2D eigenvalue weighted by molar-refractivity contribution is 0.365. The quantitative estimate of drug-likeness (QED) is 0.751. The number of hydrogen-bond donors (Lipinski definition) is 1. The number of aryl methyl sites for hydroxylation is 1. The molecule has 2 aromatic heterocycles. The summed E-state index contributed by atoms with van der Waals surface area (Å²) in [6, 6.07) is 3.59. The number of piperidine rings is 1. The van der Waals surface area contributed by atoms with Crippen molar-refractivity contribution in [2.75, 3.05) is 13.1 Å². The van der Waals surface area contributed by atoms with Gasteiger partial charge in [-0.25, -0.2) is 4.98 Å². The molecule has 0 aromatic carbocycles. The van der Waals surface area contributed by atoms with E-state index >= 15 is 0 Å². The summed E-state index contributed by atoms with van der Waals surface area (Å²) in [6.45, 7) is 1.57. The van der Waals surface area contributed by atoms with Crippen molar-refractivity contribution in [1.82, 2.24) is 19.4 Å². The van der Waals surface area contributed by atoms with Gasteiger partial charge in [0.2, 0.25) is 0 Å². The van der Waals surface area contributed by atoms with Crippen LogP contribution >= 0.6 is 15.9 Å². The largest absolute Gasteiger partial charge is 0.318 e. The summed E-state index contributed by atoms with van der Waals surface area (Å²) >= 11 is 3.28. The van der Waals surface area contributed by atoms with Gasteiger partial charge in [-0.15, -0.1) is 0 Å². The van der Waals surface area contributed by atoms with Crippen LogP contribution < -0.4 is 16.4 Å². The van der Waals surface area contributed by atoms with Crippen LogP contribution in [0.2, 0.25) is 0 Å². The van der Waals surface area contributed by atoms with Gasteiger partial charge in [-0.05, 0) is 47.9 Å². The number of rotatable bonds is 1. The van der Waals surface area contributed by atoms with E-state index in [2.05, 4.69) is 26.2 Å². The topological polar surface area (TPSA) is 92.7 Å². The molecule has 0 amide bonds. The zero-order valence-corrected chi connectivity index (χ0v) is 13.6. The maximum atomic E-state index is 12.5. The second-order valence-electron chi connectivity index (χ2n) is 5.29. The molecule has 1 fully saturated rings. The fourth-order valence-corrected chi connectivity index (χ4v) is 3.22. The first-order chi connectivity index (χ1) is 10.5. The molecule has 3 rings (SSSR count). The molecule has 7 nitrogen and oxygen atoms in total. The molecule has 3 heterocycles. The standard InChI is InChI=1S/C14H14BrN5O2/c1-19-11-6-9(15)10(7-16)18-12(11)20(14(22)13(19)21)8-2-4-17-5-3-8/h6,8,17H,2-5H2,1H3. The smallest absolute Gasteiger partial charge is 0.317 e. The fraction of sp³-hybridized carbons (Fsp3) is 0.429.